The van der Waals surface area contributed by atoms with Gasteiger partial charge >= 0.3 is 0 Å². The van der Waals surface area contributed by atoms with E-state index in [0.717, 1.165) is 37.3 Å². The molecule has 2 aliphatic heterocycles. The Morgan fingerprint density at radius 1 is 1.03 bits per heavy atom. The number of amides is 1. The molecule has 0 radical (unpaired) electrons. The fourth-order valence-electron chi connectivity index (χ4n) is 4.63. The fraction of sp³-hybridized carbons (Fsp3) is 0.429. The molecule has 8 nitrogen and oxygen atoms in total. The smallest absolute Gasteiger partial charge is 0.257 e. The van der Waals surface area contributed by atoms with Gasteiger partial charge in [-0.25, -0.2) is 0 Å². The first-order valence-electron chi connectivity index (χ1n) is 12.5. The second kappa shape index (κ2) is 11.1. The van der Waals surface area contributed by atoms with Gasteiger partial charge in [-0.15, -0.1) is 0 Å². The summed E-state index contributed by atoms with van der Waals surface area (Å²) in [5.41, 5.74) is 2.64. The van der Waals surface area contributed by atoms with Crippen molar-refractivity contribution in [3.8, 4) is 11.5 Å². The zero-order chi connectivity index (χ0) is 24.9. The second-order valence-corrected chi connectivity index (χ2v) is 9.32. The number of nitrogens with one attached hydrogen (secondary N) is 1. The Morgan fingerprint density at radius 3 is 2.58 bits per heavy atom. The van der Waals surface area contributed by atoms with Gasteiger partial charge in [0, 0.05) is 48.8 Å². The quantitative estimate of drug-likeness (QED) is 0.541. The molecule has 1 N–H and O–H groups in total. The van der Waals surface area contributed by atoms with Crippen LogP contribution in [0.25, 0.3) is 10.9 Å². The first-order chi connectivity index (χ1) is 17.6. The number of morpholine rings is 1. The fourth-order valence-corrected chi connectivity index (χ4v) is 4.63. The number of hydrogen-bond acceptors (Lipinski definition) is 6. The van der Waals surface area contributed by atoms with Crippen molar-refractivity contribution in [2.45, 2.75) is 26.4 Å². The number of para-hydroxylation sites is 1. The Kier molecular flexibility index (Phi) is 7.53. The van der Waals surface area contributed by atoms with Crippen molar-refractivity contribution < 1.29 is 23.7 Å². The molecule has 2 saturated heterocycles. The molecule has 2 aromatic carbocycles. The number of ether oxygens (including phenoxy) is 4. The van der Waals surface area contributed by atoms with Crippen LogP contribution < -0.4 is 14.9 Å². The van der Waals surface area contributed by atoms with E-state index in [0.29, 0.717) is 66.8 Å². The van der Waals surface area contributed by atoms with Gasteiger partial charge < -0.3 is 28.8 Å². The van der Waals surface area contributed by atoms with E-state index in [1.54, 1.807) is 30.0 Å². The number of carbonyl (C=O) groups excluding carboxylic acids is 1. The van der Waals surface area contributed by atoms with Crippen LogP contribution in [0.4, 0.5) is 0 Å². The van der Waals surface area contributed by atoms with Gasteiger partial charge in [-0.1, -0.05) is 12.1 Å². The highest BCUT2D eigenvalue weighted by atomic mass is 16.5. The van der Waals surface area contributed by atoms with Crippen molar-refractivity contribution in [3.63, 3.8) is 0 Å². The van der Waals surface area contributed by atoms with Crippen molar-refractivity contribution in [2.24, 2.45) is 5.92 Å². The molecule has 0 spiro atoms. The first kappa shape index (κ1) is 24.3. The van der Waals surface area contributed by atoms with Crippen LogP contribution >= 0.6 is 0 Å². The molecule has 5 rings (SSSR count). The van der Waals surface area contributed by atoms with Crippen molar-refractivity contribution in [3.05, 3.63) is 69.5 Å². The average Bonchev–Trinajstić information content (AvgIpc) is 2.94. The van der Waals surface area contributed by atoms with E-state index in [1.807, 2.05) is 24.3 Å². The van der Waals surface area contributed by atoms with E-state index in [2.05, 4.69) is 4.98 Å². The van der Waals surface area contributed by atoms with Crippen molar-refractivity contribution in [2.75, 3.05) is 46.1 Å². The summed E-state index contributed by atoms with van der Waals surface area (Å²) in [4.78, 5) is 31.1. The number of H-pyrrole nitrogens is 1. The molecule has 36 heavy (non-hydrogen) atoms. The average molecular weight is 493 g/mol. The van der Waals surface area contributed by atoms with Crippen molar-refractivity contribution >= 4 is 16.8 Å². The lowest BCUT2D eigenvalue weighted by Gasteiger charge is -2.28. The van der Waals surface area contributed by atoms with Gasteiger partial charge in [0.25, 0.3) is 5.91 Å². The van der Waals surface area contributed by atoms with Crippen LogP contribution in [-0.2, 0) is 16.1 Å². The number of rotatable bonds is 7. The maximum atomic E-state index is 13.3. The summed E-state index contributed by atoms with van der Waals surface area (Å²) in [5, 5.41) is 0.661. The third-order valence-corrected chi connectivity index (χ3v) is 6.93. The van der Waals surface area contributed by atoms with Gasteiger partial charge in [0.2, 0.25) is 0 Å². The number of carbonyl (C=O) groups is 1. The number of nitrogens with zero attached hydrogens (tertiary/aromatic N) is 1. The minimum absolute atomic E-state index is 0.00473. The van der Waals surface area contributed by atoms with Crippen LogP contribution in [0.15, 0.2) is 47.3 Å². The first-order valence-corrected chi connectivity index (χ1v) is 12.5. The normalized spacial score (nSPS) is 16.8. The Balaban J connectivity index is 1.36. The third kappa shape index (κ3) is 5.39. The molecule has 2 aliphatic rings. The zero-order valence-electron chi connectivity index (χ0n) is 20.6. The van der Waals surface area contributed by atoms with Crippen LogP contribution in [0.2, 0.25) is 0 Å². The minimum atomic E-state index is -0.0680. The van der Waals surface area contributed by atoms with E-state index in [-0.39, 0.29) is 17.9 Å². The van der Waals surface area contributed by atoms with E-state index >= 15 is 0 Å². The monoisotopic (exact) mass is 492 g/mol. The van der Waals surface area contributed by atoms with E-state index in [1.165, 1.54) is 0 Å². The van der Waals surface area contributed by atoms with Gasteiger partial charge in [0.15, 0.2) is 5.43 Å². The zero-order valence-corrected chi connectivity index (χ0v) is 20.6. The van der Waals surface area contributed by atoms with Crippen LogP contribution in [-0.4, -0.2) is 61.9 Å². The molecule has 1 amide bonds. The summed E-state index contributed by atoms with van der Waals surface area (Å²) in [6.45, 7) is 6.19. The van der Waals surface area contributed by atoms with Crippen LogP contribution in [0.3, 0.4) is 0 Å². The lowest BCUT2D eigenvalue weighted by atomic mass is 10.0. The molecule has 0 bridgehead atoms. The predicted molar refractivity (Wildman–Crippen MR) is 136 cm³/mol. The molecular weight excluding hydrogens is 460 g/mol. The highest BCUT2D eigenvalue weighted by Gasteiger charge is 2.23. The number of aromatic nitrogens is 1. The Morgan fingerprint density at radius 2 is 1.78 bits per heavy atom. The van der Waals surface area contributed by atoms with Gasteiger partial charge in [0.05, 0.1) is 31.1 Å². The van der Waals surface area contributed by atoms with Crippen molar-refractivity contribution in [1.82, 2.24) is 9.88 Å². The number of hydrogen-bond donors (Lipinski definition) is 1. The van der Waals surface area contributed by atoms with Crippen molar-refractivity contribution in [1.29, 1.82) is 0 Å². The standard InChI is InChI=1S/C28H32N2O6/c1-19-25(29-24-5-3-2-4-22(24)27(19)31)18-35-21-6-7-23(28(32)30-10-14-34-15-11-30)26(16-21)36-17-20-8-12-33-13-9-20/h2-7,16,20H,8-15,17-18H2,1H3,(H,29,31). The van der Waals surface area contributed by atoms with Gasteiger partial charge in [-0.3, -0.25) is 9.59 Å². The topological polar surface area (TPSA) is 90.1 Å². The number of fused-ring (bicyclic) bond motifs is 1. The molecule has 190 valence electrons. The van der Waals surface area contributed by atoms with E-state index in [9.17, 15) is 9.59 Å². The molecule has 1 aromatic heterocycles. The molecule has 0 unspecified atom stereocenters. The number of aromatic amines is 1. The summed E-state index contributed by atoms with van der Waals surface area (Å²) in [5.74, 6) is 1.41. The number of benzene rings is 2. The largest absolute Gasteiger partial charge is 0.492 e. The molecule has 0 atom stereocenters. The van der Waals surface area contributed by atoms with Gasteiger partial charge in [-0.05, 0) is 49.9 Å². The summed E-state index contributed by atoms with van der Waals surface area (Å²) < 4.78 is 23.1. The molecule has 3 heterocycles. The van der Waals surface area contributed by atoms with Gasteiger partial charge in [0.1, 0.15) is 18.1 Å². The Hall–Kier alpha value is -3.36. The van der Waals surface area contributed by atoms with Crippen LogP contribution in [0.1, 0.15) is 34.5 Å². The molecular formula is C28H32N2O6. The third-order valence-electron chi connectivity index (χ3n) is 6.93. The van der Waals surface area contributed by atoms with Crippen LogP contribution in [0, 0.1) is 12.8 Å². The molecule has 3 aromatic rings. The molecule has 0 saturated carbocycles. The molecule has 2 fully saturated rings. The van der Waals surface area contributed by atoms with E-state index < -0.39 is 0 Å². The summed E-state index contributed by atoms with van der Waals surface area (Å²) >= 11 is 0. The van der Waals surface area contributed by atoms with Crippen LogP contribution in [0.5, 0.6) is 11.5 Å². The summed E-state index contributed by atoms with van der Waals surface area (Å²) in [6.07, 6.45) is 1.88. The predicted octanol–water partition coefficient (Wildman–Crippen LogP) is 3.69. The minimum Gasteiger partial charge on any atom is -0.492 e. The van der Waals surface area contributed by atoms with E-state index in [4.69, 9.17) is 18.9 Å². The lowest BCUT2D eigenvalue weighted by molar-refractivity contribution is 0.0296. The second-order valence-electron chi connectivity index (χ2n) is 9.32. The maximum absolute atomic E-state index is 13.3. The SMILES string of the molecule is Cc1c(COc2ccc(C(=O)N3CCOCC3)c(OCC3CCOCC3)c2)[nH]c2ccccc2c1=O. The Bertz CT molecular complexity index is 1270. The lowest BCUT2D eigenvalue weighted by Crippen LogP contribution is -2.40. The molecule has 0 aliphatic carbocycles. The Labute approximate surface area is 210 Å². The number of pyridine rings is 1. The summed E-state index contributed by atoms with van der Waals surface area (Å²) in [7, 11) is 0. The summed E-state index contributed by atoms with van der Waals surface area (Å²) in [6, 6.07) is 12.8. The highest BCUT2D eigenvalue weighted by molar-refractivity contribution is 5.97. The van der Waals surface area contributed by atoms with Gasteiger partial charge in [-0.2, -0.15) is 0 Å². The maximum Gasteiger partial charge on any atom is 0.257 e. The highest BCUT2D eigenvalue weighted by Crippen LogP contribution is 2.29. The molecule has 8 heteroatoms.